The number of hydrogen-bond acceptors (Lipinski definition) is 4. The van der Waals surface area contributed by atoms with Crippen molar-refractivity contribution in [3.05, 3.63) is 40.3 Å². The topological polar surface area (TPSA) is 104 Å². The molecule has 1 aliphatic rings. The van der Waals surface area contributed by atoms with E-state index in [1.165, 1.54) is 7.11 Å². The summed E-state index contributed by atoms with van der Waals surface area (Å²) in [6.45, 7) is 0. The van der Waals surface area contributed by atoms with Crippen LogP contribution in [-0.4, -0.2) is 25.0 Å². The van der Waals surface area contributed by atoms with Gasteiger partial charge in [-0.25, -0.2) is 4.79 Å². The monoisotopic (exact) mass is 288 g/mol. The van der Waals surface area contributed by atoms with Gasteiger partial charge in [0.15, 0.2) is 0 Å². The maximum absolute atomic E-state index is 12.1. The highest BCUT2D eigenvalue weighted by Crippen LogP contribution is 2.29. The zero-order valence-corrected chi connectivity index (χ0v) is 11.7. The summed E-state index contributed by atoms with van der Waals surface area (Å²) < 4.78 is 4.61. The normalized spacial score (nSPS) is 20.4. The molecule has 1 aliphatic carbocycles. The molecule has 0 radical (unpaired) electrons. The maximum atomic E-state index is 12.1. The summed E-state index contributed by atoms with van der Waals surface area (Å²) in [6.07, 6.45) is 2.04. The van der Waals surface area contributed by atoms with Gasteiger partial charge in [-0.15, -0.1) is 0 Å². The van der Waals surface area contributed by atoms with Crippen LogP contribution in [0.5, 0.6) is 0 Å². The molecule has 0 unspecified atom stereocenters. The minimum absolute atomic E-state index is 0.0866. The molecule has 7 nitrogen and oxygen atoms in total. The first-order valence-electron chi connectivity index (χ1n) is 6.67. The van der Waals surface area contributed by atoms with Gasteiger partial charge >= 0.3 is 5.97 Å². The minimum atomic E-state index is -0.416. The van der Waals surface area contributed by atoms with Crippen LogP contribution in [0.3, 0.4) is 0 Å². The smallest absolute Gasteiger partial charge is 0.337 e. The lowest BCUT2D eigenvalue weighted by Crippen LogP contribution is -2.21. The van der Waals surface area contributed by atoms with E-state index in [4.69, 9.17) is 5.53 Å². The lowest BCUT2D eigenvalue weighted by Gasteiger charge is -2.11. The molecule has 0 aliphatic heterocycles. The molecule has 0 spiro atoms. The van der Waals surface area contributed by atoms with Crippen molar-refractivity contribution in [2.75, 3.05) is 12.4 Å². The van der Waals surface area contributed by atoms with Gasteiger partial charge in [-0.1, -0.05) is 5.11 Å². The number of azide groups is 1. The highest BCUT2D eigenvalue weighted by molar-refractivity contribution is 5.94. The van der Waals surface area contributed by atoms with E-state index >= 15 is 0 Å². The molecule has 1 aromatic carbocycles. The second-order valence-electron chi connectivity index (χ2n) is 4.93. The summed E-state index contributed by atoms with van der Waals surface area (Å²) in [6, 6.07) is 6.42. The second kappa shape index (κ2) is 6.76. The summed E-state index contributed by atoms with van der Waals surface area (Å²) in [5.41, 5.74) is 9.45. The number of nitrogens with zero attached hydrogens (tertiary/aromatic N) is 3. The molecule has 1 aromatic rings. The maximum Gasteiger partial charge on any atom is 0.337 e. The Kier molecular flexibility index (Phi) is 4.79. The average molecular weight is 288 g/mol. The molecule has 2 rings (SSSR count). The fourth-order valence-corrected chi connectivity index (χ4v) is 2.43. The molecule has 1 amide bonds. The van der Waals surface area contributed by atoms with E-state index in [9.17, 15) is 9.59 Å². The highest BCUT2D eigenvalue weighted by atomic mass is 16.5. The number of anilines is 1. The first-order chi connectivity index (χ1) is 10.1. The Morgan fingerprint density at radius 2 is 2.05 bits per heavy atom. The van der Waals surface area contributed by atoms with Crippen LogP contribution in [0.15, 0.2) is 29.4 Å². The van der Waals surface area contributed by atoms with Crippen LogP contribution in [-0.2, 0) is 9.53 Å². The Labute approximate surface area is 121 Å². The van der Waals surface area contributed by atoms with Crippen LogP contribution in [0.4, 0.5) is 5.69 Å². The van der Waals surface area contributed by atoms with Crippen molar-refractivity contribution in [3.8, 4) is 0 Å². The number of methoxy groups -OCH3 is 1. The number of carbonyl (C=O) groups excluding carboxylic acids is 2. The van der Waals surface area contributed by atoms with Crippen LogP contribution >= 0.6 is 0 Å². The molecule has 0 heterocycles. The van der Waals surface area contributed by atoms with Crippen molar-refractivity contribution < 1.29 is 14.3 Å². The van der Waals surface area contributed by atoms with E-state index in [2.05, 4.69) is 20.1 Å². The number of benzene rings is 1. The van der Waals surface area contributed by atoms with Crippen molar-refractivity contribution in [1.29, 1.82) is 0 Å². The molecule has 0 saturated heterocycles. The first kappa shape index (κ1) is 14.9. The van der Waals surface area contributed by atoms with Crippen molar-refractivity contribution in [3.63, 3.8) is 0 Å². The van der Waals surface area contributed by atoms with E-state index in [0.717, 1.165) is 12.8 Å². The van der Waals surface area contributed by atoms with E-state index in [1.807, 2.05) is 0 Å². The number of carbonyl (C=O) groups is 2. The third kappa shape index (κ3) is 3.73. The predicted octanol–water partition coefficient (Wildman–Crippen LogP) is 2.89. The number of esters is 1. The van der Waals surface area contributed by atoms with Crippen LogP contribution in [0.25, 0.3) is 10.4 Å². The van der Waals surface area contributed by atoms with Gasteiger partial charge in [0.1, 0.15) is 0 Å². The number of nitrogens with one attached hydrogen (secondary N) is 1. The molecule has 1 fully saturated rings. The summed E-state index contributed by atoms with van der Waals surface area (Å²) >= 11 is 0. The Hall–Kier alpha value is -2.53. The van der Waals surface area contributed by atoms with E-state index in [-0.39, 0.29) is 17.9 Å². The third-order valence-corrected chi connectivity index (χ3v) is 3.56. The molecule has 7 heteroatoms. The third-order valence-electron chi connectivity index (χ3n) is 3.56. The molecule has 1 saturated carbocycles. The number of amides is 1. The van der Waals surface area contributed by atoms with E-state index in [1.54, 1.807) is 24.3 Å². The minimum Gasteiger partial charge on any atom is -0.465 e. The van der Waals surface area contributed by atoms with Crippen LogP contribution in [0.1, 0.15) is 29.6 Å². The summed E-state index contributed by atoms with van der Waals surface area (Å²) in [4.78, 5) is 26.2. The van der Waals surface area contributed by atoms with Crippen LogP contribution < -0.4 is 5.32 Å². The van der Waals surface area contributed by atoms with Gasteiger partial charge in [-0.05, 0) is 49.1 Å². The second-order valence-corrected chi connectivity index (χ2v) is 4.93. The van der Waals surface area contributed by atoms with Gasteiger partial charge < -0.3 is 10.1 Å². The lowest BCUT2D eigenvalue weighted by atomic mass is 10.1. The first-order valence-corrected chi connectivity index (χ1v) is 6.67. The Morgan fingerprint density at radius 3 is 2.67 bits per heavy atom. The van der Waals surface area contributed by atoms with Gasteiger partial charge in [0.2, 0.25) is 5.91 Å². The highest BCUT2D eigenvalue weighted by Gasteiger charge is 2.29. The van der Waals surface area contributed by atoms with E-state index in [0.29, 0.717) is 17.7 Å². The number of ether oxygens (including phenoxy) is 1. The van der Waals surface area contributed by atoms with Gasteiger partial charge in [0.25, 0.3) is 0 Å². The summed E-state index contributed by atoms with van der Waals surface area (Å²) in [7, 11) is 1.32. The molecule has 21 heavy (non-hydrogen) atoms. The number of hydrogen-bond donors (Lipinski definition) is 1. The van der Waals surface area contributed by atoms with Gasteiger partial charge in [0.05, 0.1) is 12.7 Å². The van der Waals surface area contributed by atoms with Crippen LogP contribution in [0, 0.1) is 5.92 Å². The van der Waals surface area contributed by atoms with Crippen molar-refractivity contribution in [1.82, 2.24) is 0 Å². The van der Waals surface area contributed by atoms with Gasteiger partial charge in [-0.2, -0.15) is 0 Å². The predicted molar refractivity (Wildman–Crippen MR) is 76.7 cm³/mol. The Morgan fingerprint density at radius 1 is 1.33 bits per heavy atom. The number of rotatable bonds is 4. The Bertz CT molecular complexity index is 578. The molecular formula is C14H16N4O3. The summed E-state index contributed by atoms with van der Waals surface area (Å²) in [5, 5.41) is 6.46. The van der Waals surface area contributed by atoms with Crippen molar-refractivity contribution in [2.24, 2.45) is 11.0 Å². The molecule has 110 valence electrons. The van der Waals surface area contributed by atoms with E-state index < -0.39 is 5.97 Å². The average Bonchev–Trinajstić information content (AvgIpc) is 2.96. The summed E-state index contributed by atoms with van der Waals surface area (Å²) in [5.74, 6) is -0.641. The zero-order chi connectivity index (χ0) is 15.2. The fraction of sp³-hybridized carbons (Fsp3) is 0.429. The van der Waals surface area contributed by atoms with Crippen LogP contribution in [0.2, 0.25) is 0 Å². The largest absolute Gasteiger partial charge is 0.465 e. The lowest BCUT2D eigenvalue weighted by molar-refractivity contribution is -0.119. The SMILES string of the molecule is COC(=O)c1ccc(NC(=O)[C@H]2CC[C@H](N=[N+]=[N-])C2)cc1. The molecule has 1 N–H and O–H groups in total. The quantitative estimate of drug-likeness (QED) is 0.398. The van der Waals surface area contributed by atoms with Gasteiger partial charge in [0, 0.05) is 22.6 Å². The zero-order valence-electron chi connectivity index (χ0n) is 11.7. The standard InChI is InChI=1S/C14H16N4O3/c1-21-14(20)9-2-5-11(6-3-9)16-13(19)10-4-7-12(8-10)17-18-15/h2-3,5-6,10,12H,4,7-8H2,1H3,(H,16,19)/t10-,12-/m0/s1. The molecule has 2 atom stereocenters. The Balaban J connectivity index is 1.94. The van der Waals surface area contributed by atoms with Crippen molar-refractivity contribution >= 4 is 17.6 Å². The molecule has 0 aromatic heterocycles. The molecular weight excluding hydrogens is 272 g/mol. The van der Waals surface area contributed by atoms with Gasteiger partial charge in [-0.3, -0.25) is 4.79 Å². The molecule has 0 bridgehead atoms. The van der Waals surface area contributed by atoms with Crippen molar-refractivity contribution in [2.45, 2.75) is 25.3 Å². The fourth-order valence-electron chi connectivity index (χ4n) is 2.43.